The second kappa shape index (κ2) is 8.81. The van der Waals surface area contributed by atoms with E-state index in [1.807, 2.05) is 29.8 Å². The quantitative estimate of drug-likeness (QED) is 0.642. The van der Waals surface area contributed by atoms with Gasteiger partial charge in [0.05, 0.1) is 12.2 Å². The van der Waals surface area contributed by atoms with Crippen molar-refractivity contribution in [2.24, 2.45) is 0 Å². The minimum atomic E-state index is -0.389. The highest BCUT2D eigenvalue weighted by Gasteiger charge is 2.08. The molecule has 2 N–H and O–H groups in total. The second-order valence-electron chi connectivity index (χ2n) is 5.97. The Morgan fingerprint density at radius 3 is 2.57 bits per heavy atom. The molecule has 2 amide bonds. The number of aromatic nitrogens is 3. The number of rotatable bonds is 6. The van der Waals surface area contributed by atoms with Crippen LogP contribution >= 0.6 is 0 Å². The van der Waals surface area contributed by atoms with Crippen molar-refractivity contribution in [2.45, 2.75) is 20.4 Å². The lowest BCUT2D eigenvalue weighted by Crippen LogP contribution is -2.28. The van der Waals surface area contributed by atoms with Crippen LogP contribution in [-0.2, 0) is 11.3 Å². The maximum Gasteiger partial charge on any atom is 0.338 e. The van der Waals surface area contributed by atoms with Gasteiger partial charge in [0.1, 0.15) is 11.6 Å². The molecule has 0 atom stereocenters. The highest BCUT2D eigenvalue weighted by Crippen LogP contribution is 2.12. The number of nitrogens with one attached hydrogen (secondary N) is 2. The zero-order valence-corrected chi connectivity index (χ0v) is 15.7. The first-order valence-electron chi connectivity index (χ1n) is 8.84. The number of carbonyl (C=O) groups is 2. The largest absolute Gasteiger partial charge is 0.462 e. The predicted molar refractivity (Wildman–Crippen MR) is 104 cm³/mol. The molecule has 0 saturated heterocycles. The van der Waals surface area contributed by atoms with Gasteiger partial charge in [0.15, 0.2) is 0 Å². The Hall–Kier alpha value is -3.68. The molecule has 3 rings (SSSR count). The number of amides is 2. The molecule has 8 nitrogen and oxygen atoms in total. The summed E-state index contributed by atoms with van der Waals surface area (Å²) in [5.41, 5.74) is 1.92. The first kappa shape index (κ1) is 19.1. The SMILES string of the molecule is CCOC(=O)c1ccc(NC(=O)NCc2ccnc(-n3ccnc3C)c2)cc1. The number of aryl methyl sites for hydroxylation is 1. The van der Waals surface area contributed by atoms with E-state index < -0.39 is 0 Å². The normalized spacial score (nSPS) is 10.4. The number of imidazole rings is 1. The third kappa shape index (κ3) is 4.73. The van der Waals surface area contributed by atoms with Crippen molar-refractivity contribution >= 4 is 17.7 Å². The number of ether oxygens (including phenoxy) is 1. The highest BCUT2D eigenvalue weighted by atomic mass is 16.5. The van der Waals surface area contributed by atoms with Gasteiger partial charge in [-0.25, -0.2) is 19.6 Å². The summed E-state index contributed by atoms with van der Waals surface area (Å²) in [6, 6.07) is 9.90. The summed E-state index contributed by atoms with van der Waals surface area (Å²) in [4.78, 5) is 32.3. The van der Waals surface area contributed by atoms with Gasteiger partial charge < -0.3 is 15.4 Å². The molecule has 0 unspecified atom stereocenters. The van der Waals surface area contributed by atoms with Crippen molar-refractivity contribution in [3.63, 3.8) is 0 Å². The Labute approximate surface area is 162 Å². The van der Waals surface area contributed by atoms with E-state index in [2.05, 4.69) is 20.6 Å². The molecule has 144 valence electrons. The smallest absolute Gasteiger partial charge is 0.338 e. The maximum atomic E-state index is 12.1. The van der Waals surface area contributed by atoms with Crippen LogP contribution in [0, 0.1) is 6.92 Å². The summed E-state index contributed by atoms with van der Waals surface area (Å²) < 4.78 is 6.80. The van der Waals surface area contributed by atoms with Crippen LogP contribution < -0.4 is 10.6 Å². The Bertz CT molecular complexity index is 966. The number of urea groups is 1. The van der Waals surface area contributed by atoms with Crippen LogP contribution in [0.5, 0.6) is 0 Å². The van der Waals surface area contributed by atoms with E-state index in [4.69, 9.17) is 4.74 Å². The summed E-state index contributed by atoms with van der Waals surface area (Å²) in [5.74, 6) is 1.19. The van der Waals surface area contributed by atoms with Crippen LogP contribution in [0.25, 0.3) is 5.82 Å². The lowest BCUT2D eigenvalue weighted by molar-refractivity contribution is 0.0526. The number of anilines is 1. The molecule has 0 aliphatic carbocycles. The third-order valence-corrected chi connectivity index (χ3v) is 3.99. The second-order valence-corrected chi connectivity index (χ2v) is 5.97. The molecule has 3 aromatic rings. The van der Waals surface area contributed by atoms with E-state index in [0.29, 0.717) is 24.4 Å². The fraction of sp³-hybridized carbons (Fsp3) is 0.200. The molecular weight excluding hydrogens is 358 g/mol. The molecule has 2 aromatic heterocycles. The summed E-state index contributed by atoms with van der Waals surface area (Å²) in [6.07, 6.45) is 5.24. The molecule has 2 heterocycles. The molecule has 0 radical (unpaired) electrons. The van der Waals surface area contributed by atoms with E-state index in [9.17, 15) is 9.59 Å². The highest BCUT2D eigenvalue weighted by molar-refractivity contribution is 5.92. The molecule has 0 fully saturated rings. The number of benzene rings is 1. The maximum absolute atomic E-state index is 12.1. The molecule has 0 spiro atoms. The average Bonchev–Trinajstić information content (AvgIpc) is 3.13. The number of nitrogens with zero attached hydrogens (tertiary/aromatic N) is 3. The van der Waals surface area contributed by atoms with E-state index in [-0.39, 0.29) is 12.0 Å². The Balaban J connectivity index is 1.56. The van der Waals surface area contributed by atoms with Gasteiger partial charge in [-0.2, -0.15) is 0 Å². The van der Waals surface area contributed by atoms with Crippen LogP contribution in [-0.4, -0.2) is 33.1 Å². The molecule has 0 aliphatic heterocycles. The van der Waals surface area contributed by atoms with Crippen molar-refractivity contribution in [2.75, 3.05) is 11.9 Å². The third-order valence-electron chi connectivity index (χ3n) is 3.99. The molecule has 1 aromatic carbocycles. The number of pyridine rings is 1. The summed E-state index contributed by atoms with van der Waals surface area (Å²) in [7, 11) is 0. The number of hydrogen-bond donors (Lipinski definition) is 2. The van der Waals surface area contributed by atoms with Crippen molar-refractivity contribution < 1.29 is 14.3 Å². The van der Waals surface area contributed by atoms with Gasteiger partial charge in [-0.3, -0.25) is 4.57 Å². The Morgan fingerprint density at radius 2 is 1.89 bits per heavy atom. The topological polar surface area (TPSA) is 98.1 Å². The zero-order valence-electron chi connectivity index (χ0n) is 15.7. The standard InChI is InChI=1S/C20H21N5O3/c1-3-28-19(26)16-4-6-17(7-5-16)24-20(27)23-13-15-8-9-22-18(12-15)25-11-10-21-14(25)2/h4-12H,3,13H2,1-2H3,(H2,23,24,27). The van der Waals surface area contributed by atoms with Gasteiger partial charge in [-0.15, -0.1) is 0 Å². The first-order chi connectivity index (χ1) is 13.6. The van der Waals surface area contributed by atoms with Crippen molar-refractivity contribution in [3.05, 3.63) is 71.9 Å². The lowest BCUT2D eigenvalue weighted by Gasteiger charge is -2.10. The number of hydrogen-bond acceptors (Lipinski definition) is 5. The van der Waals surface area contributed by atoms with Gasteiger partial charge >= 0.3 is 12.0 Å². The van der Waals surface area contributed by atoms with Gasteiger partial charge in [-0.05, 0) is 55.8 Å². The molecule has 0 saturated carbocycles. The molecule has 8 heteroatoms. The Morgan fingerprint density at radius 1 is 1.11 bits per heavy atom. The number of carbonyl (C=O) groups excluding carboxylic acids is 2. The van der Waals surface area contributed by atoms with Crippen molar-refractivity contribution in [1.82, 2.24) is 19.9 Å². The van der Waals surface area contributed by atoms with Crippen LogP contribution in [0.3, 0.4) is 0 Å². The number of esters is 1. The van der Waals surface area contributed by atoms with Crippen LogP contribution in [0.4, 0.5) is 10.5 Å². The zero-order chi connectivity index (χ0) is 19.9. The monoisotopic (exact) mass is 379 g/mol. The lowest BCUT2D eigenvalue weighted by atomic mass is 10.2. The van der Waals surface area contributed by atoms with Crippen molar-refractivity contribution in [3.8, 4) is 5.82 Å². The molecule has 0 aliphatic rings. The first-order valence-corrected chi connectivity index (χ1v) is 8.84. The average molecular weight is 379 g/mol. The predicted octanol–water partition coefficient (Wildman–Crippen LogP) is 3.07. The van der Waals surface area contributed by atoms with Crippen LogP contribution in [0.2, 0.25) is 0 Å². The summed E-state index contributed by atoms with van der Waals surface area (Å²) in [5, 5.41) is 5.53. The molecule has 28 heavy (non-hydrogen) atoms. The van der Waals surface area contributed by atoms with Gasteiger partial charge in [0.2, 0.25) is 0 Å². The fourth-order valence-corrected chi connectivity index (χ4v) is 2.58. The van der Waals surface area contributed by atoms with Crippen LogP contribution in [0.1, 0.15) is 28.7 Å². The summed E-state index contributed by atoms with van der Waals surface area (Å²) in [6.45, 7) is 4.31. The van der Waals surface area contributed by atoms with Gasteiger partial charge in [0, 0.05) is 30.8 Å². The Kier molecular flexibility index (Phi) is 6.01. The van der Waals surface area contributed by atoms with Gasteiger partial charge in [0.25, 0.3) is 0 Å². The minimum absolute atomic E-state index is 0.318. The van der Waals surface area contributed by atoms with E-state index in [1.54, 1.807) is 43.6 Å². The van der Waals surface area contributed by atoms with Gasteiger partial charge in [-0.1, -0.05) is 0 Å². The molecular formula is C20H21N5O3. The van der Waals surface area contributed by atoms with Crippen molar-refractivity contribution in [1.29, 1.82) is 0 Å². The van der Waals surface area contributed by atoms with Crippen LogP contribution in [0.15, 0.2) is 55.0 Å². The minimum Gasteiger partial charge on any atom is -0.462 e. The fourth-order valence-electron chi connectivity index (χ4n) is 2.58. The van der Waals surface area contributed by atoms with E-state index >= 15 is 0 Å². The van der Waals surface area contributed by atoms with E-state index in [1.165, 1.54) is 0 Å². The molecule has 0 bridgehead atoms. The summed E-state index contributed by atoms with van der Waals surface area (Å²) >= 11 is 0. The van der Waals surface area contributed by atoms with E-state index in [0.717, 1.165) is 17.2 Å².